The van der Waals surface area contributed by atoms with E-state index < -0.39 is 27.7 Å². The van der Waals surface area contributed by atoms with Crippen LogP contribution in [-0.4, -0.2) is 78.2 Å². The van der Waals surface area contributed by atoms with Crippen LogP contribution >= 0.6 is 0 Å². The molecule has 2 fully saturated rings. The number of benzene rings is 3. The van der Waals surface area contributed by atoms with E-state index >= 15 is 12.8 Å². The number of anilines is 2. The Morgan fingerprint density at radius 2 is 1.69 bits per heavy atom. The zero-order chi connectivity index (χ0) is 42.8. The van der Waals surface area contributed by atoms with Crippen LogP contribution < -0.4 is 15.6 Å². The van der Waals surface area contributed by atoms with Crippen LogP contribution in [0.15, 0.2) is 87.5 Å². The molecule has 320 valence electrons. The first-order valence-corrected chi connectivity index (χ1v) is 22.3. The van der Waals surface area contributed by atoms with E-state index in [-0.39, 0.29) is 48.0 Å². The Morgan fingerprint density at radius 3 is 2.42 bits per heavy atom. The summed E-state index contributed by atoms with van der Waals surface area (Å²) in [5, 5.41) is 27.4. The van der Waals surface area contributed by atoms with E-state index in [2.05, 4.69) is 27.4 Å². The van der Waals surface area contributed by atoms with Gasteiger partial charge in [0.05, 0.1) is 28.6 Å². The Morgan fingerprint density at radius 1 is 0.952 bits per heavy atom. The Balaban J connectivity index is 1.03. The van der Waals surface area contributed by atoms with E-state index in [1.807, 2.05) is 42.8 Å². The number of aliphatic hydroxyl groups is 1. The minimum atomic E-state index is -4.28. The number of nitrogens with one attached hydrogen (secondary N) is 1. The van der Waals surface area contributed by atoms with Gasteiger partial charge in [-0.15, -0.1) is 0 Å². The molecule has 3 aromatic carbocycles. The van der Waals surface area contributed by atoms with Crippen LogP contribution in [-0.2, 0) is 40.3 Å². The molecule has 7 aromatic rings. The van der Waals surface area contributed by atoms with Crippen molar-refractivity contribution >= 4 is 43.3 Å². The lowest BCUT2D eigenvalue weighted by Crippen LogP contribution is -2.41. The van der Waals surface area contributed by atoms with Crippen molar-refractivity contribution in [1.82, 2.24) is 38.6 Å². The van der Waals surface area contributed by atoms with Crippen LogP contribution in [0.4, 0.5) is 15.9 Å². The zero-order valence-corrected chi connectivity index (χ0v) is 35.4. The highest BCUT2D eigenvalue weighted by molar-refractivity contribution is 7.89. The number of aromatic amines is 1. The molecular weight excluding hydrogens is 816 g/mol. The topological polar surface area (TPSA) is 173 Å². The van der Waals surface area contributed by atoms with Crippen molar-refractivity contribution in [2.75, 3.05) is 29.6 Å². The fourth-order valence-corrected chi connectivity index (χ4v) is 11.6. The lowest BCUT2D eigenvalue weighted by atomic mass is 9.91. The maximum atomic E-state index is 15.5. The average molecular weight is 861 g/mol. The molecule has 3 aliphatic heterocycles. The van der Waals surface area contributed by atoms with Crippen molar-refractivity contribution in [2.24, 2.45) is 13.0 Å². The van der Waals surface area contributed by atoms with Gasteiger partial charge in [-0.3, -0.25) is 19.1 Å². The fraction of sp³-hybridized carbons (Fsp3) is 0.364. The number of ether oxygens (including phenoxy) is 1. The van der Waals surface area contributed by atoms with Crippen LogP contribution in [0.2, 0.25) is 0 Å². The zero-order valence-electron chi connectivity index (χ0n) is 34.6. The van der Waals surface area contributed by atoms with Crippen molar-refractivity contribution in [2.45, 2.75) is 75.8 Å². The summed E-state index contributed by atoms with van der Waals surface area (Å²) in [6.07, 6.45) is 6.59. The molecule has 62 heavy (non-hydrogen) atoms. The molecule has 18 heteroatoms. The van der Waals surface area contributed by atoms with Gasteiger partial charge in [0.1, 0.15) is 17.2 Å². The number of fused-ring (bicyclic) bond motifs is 3. The molecule has 3 atom stereocenters. The number of hydrogen-bond acceptors (Lipinski definition) is 11. The molecule has 0 radical (unpaired) electrons. The number of nitrogens with zero attached hydrogens (tertiary/aromatic N) is 9. The van der Waals surface area contributed by atoms with E-state index in [0.29, 0.717) is 59.0 Å². The normalized spacial score (nSPS) is 22.1. The van der Waals surface area contributed by atoms with Gasteiger partial charge in [0, 0.05) is 74.2 Å². The predicted octanol–water partition coefficient (Wildman–Crippen LogP) is 5.64. The van der Waals surface area contributed by atoms with Crippen molar-refractivity contribution in [1.29, 1.82) is 0 Å². The molecule has 16 nitrogen and oxygen atoms in total. The maximum absolute atomic E-state index is 15.5. The largest absolute Gasteiger partial charge is 0.438 e. The van der Waals surface area contributed by atoms with Crippen LogP contribution in [0.1, 0.15) is 65.9 Å². The molecule has 1 aliphatic carbocycles. The predicted molar refractivity (Wildman–Crippen MR) is 228 cm³/mol. The molecule has 4 aromatic heterocycles. The van der Waals surface area contributed by atoms with E-state index in [0.717, 1.165) is 40.4 Å². The first-order valence-electron chi connectivity index (χ1n) is 20.9. The number of hydrogen-bond donors (Lipinski definition) is 2. The molecule has 4 aliphatic rings. The number of rotatable bonds is 8. The highest BCUT2D eigenvalue weighted by atomic mass is 32.2. The summed E-state index contributed by atoms with van der Waals surface area (Å²) in [7, 11) is -2.41. The second kappa shape index (κ2) is 14.0. The number of aromatic nitrogens is 7. The number of sulfonamides is 1. The molecule has 0 bridgehead atoms. The van der Waals surface area contributed by atoms with Gasteiger partial charge < -0.3 is 19.3 Å². The summed E-state index contributed by atoms with van der Waals surface area (Å²) < 4.78 is 63.3. The summed E-state index contributed by atoms with van der Waals surface area (Å²) in [6.45, 7) is 6.79. The molecule has 1 unspecified atom stereocenters. The SMILES string of the molecule is Cc1cc(-n2nc3c(c2N2C=CN(c4ccc5c(cnn5C)c4)C2O)CN(S(=O)(=O)c2cc4cc(C5CCOCC5)ccc4n2[C@]2(c4noc(=O)[nH]4)C[C@@H]2C)CC3)cc(C)c1F. The van der Waals surface area contributed by atoms with Gasteiger partial charge >= 0.3 is 5.76 Å². The van der Waals surface area contributed by atoms with E-state index in [4.69, 9.17) is 14.4 Å². The third-order valence-electron chi connectivity index (χ3n) is 13.4. The minimum absolute atomic E-state index is 0.0664. The number of aliphatic hydroxyl groups excluding tert-OH is 1. The molecular formula is C44H45FN10O6S. The highest BCUT2D eigenvalue weighted by Gasteiger charge is 2.59. The quantitative estimate of drug-likeness (QED) is 0.194. The van der Waals surface area contributed by atoms with Gasteiger partial charge in [-0.25, -0.2) is 22.3 Å². The van der Waals surface area contributed by atoms with Crippen molar-refractivity contribution in [3.8, 4) is 5.69 Å². The Labute approximate surface area is 355 Å². The van der Waals surface area contributed by atoms with E-state index in [9.17, 15) is 9.90 Å². The highest BCUT2D eigenvalue weighted by Crippen LogP contribution is 2.56. The van der Waals surface area contributed by atoms with Gasteiger partial charge in [-0.2, -0.15) is 14.5 Å². The summed E-state index contributed by atoms with van der Waals surface area (Å²) in [5.41, 5.74) is 5.20. The molecule has 7 heterocycles. The summed E-state index contributed by atoms with van der Waals surface area (Å²) in [5.74, 6) is -0.105. The van der Waals surface area contributed by atoms with E-state index in [1.165, 1.54) is 4.31 Å². The van der Waals surface area contributed by atoms with Gasteiger partial charge in [-0.1, -0.05) is 18.1 Å². The molecule has 11 rings (SSSR count). The molecule has 1 saturated carbocycles. The van der Waals surface area contributed by atoms with Gasteiger partial charge in [0.2, 0.25) is 6.35 Å². The monoisotopic (exact) mass is 860 g/mol. The summed E-state index contributed by atoms with van der Waals surface area (Å²) >= 11 is 0. The lowest BCUT2D eigenvalue weighted by molar-refractivity contribution is 0.0853. The second-order valence-corrected chi connectivity index (χ2v) is 19.0. The van der Waals surface area contributed by atoms with Crippen molar-refractivity contribution in [3.63, 3.8) is 0 Å². The van der Waals surface area contributed by atoms with Crippen molar-refractivity contribution in [3.05, 3.63) is 123 Å². The number of H-pyrrole nitrogens is 1. The maximum Gasteiger partial charge on any atom is 0.438 e. The summed E-state index contributed by atoms with van der Waals surface area (Å²) in [6, 6.07) is 17.1. The van der Waals surface area contributed by atoms with Gasteiger partial charge in [-0.05, 0) is 110 Å². The average Bonchev–Trinajstić information content (AvgIpc) is 3.90. The van der Waals surface area contributed by atoms with Crippen molar-refractivity contribution < 1.29 is 27.2 Å². The molecule has 2 N–H and O–H groups in total. The third-order valence-corrected chi connectivity index (χ3v) is 15.2. The Bertz CT molecular complexity index is 3140. The first-order chi connectivity index (χ1) is 29.8. The Kier molecular flexibility index (Phi) is 8.74. The van der Waals surface area contributed by atoms with Crippen LogP contribution in [0, 0.1) is 25.6 Å². The molecule has 1 saturated heterocycles. The van der Waals surface area contributed by atoms with Crippen LogP contribution in [0.5, 0.6) is 0 Å². The molecule has 0 amide bonds. The second-order valence-electron chi connectivity index (χ2n) is 17.1. The lowest BCUT2D eigenvalue weighted by Gasteiger charge is -2.31. The van der Waals surface area contributed by atoms with Gasteiger partial charge in [0.25, 0.3) is 10.0 Å². The standard InChI is InChI=1S/C44H45FN10O6S/c1-25-17-33(18-26(2)39(25)45)55-40(53-14-13-52(43(53)57)32-6-8-36-31(20-32)23-46-50(36)4)34-24-51(12-9-35(34)48-55)62(58,59)38-21-30-19-29(28-10-15-60-16-11-28)5-7-37(30)54(38)44(22-27(44)3)41-47-42(56)61-49-41/h5-8,13-14,17-21,23,27-28,43,57H,9-12,15-16,22,24H2,1-4H3,(H,47,49,56)/t27-,43?,44+/m0/s1. The smallest absolute Gasteiger partial charge is 0.381 e. The number of halogens is 1. The van der Waals surface area contributed by atoms with E-state index in [1.54, 1.807) is 69.8 Å². The van der Waals surface area contributed by atoms with Crippen LogP contribution in [0.3, 0.4) is 0 Å². The first kappa shape index (κ1) is 38.8. The summed E-state index contributed by atoms with van der Waals surface area (Å²) in [4.78, 5) is 18.5. The van der Waals surface area contributed by atoms with Crippen LogP contribution in [0.25, 0.3) is 27.5 Å². The van der Waals surface area contributed by atoms with Gasteiger partial charge in [0.15, 0.2) is 10.9 Å². The third kappa shape index (κ3) is 5.83. The fourth-order valence-electron chi connectivity index (χ4n) is 9.97. The number of aryl methyl sites for hydroxylation is 3. The minimum Gasteiger partial charge on any atom is -0.381 e. The molecule has 0 spiro atoms. The Hall–Kier alpha value is -6.08.